The molecule has 0 heterocycles. The summed E-state index contributed by atoms with van der Waals surface area (Å²) in [6.45, 7) is 6.45. The van der Waals surface area contributed by atoms with Crippen LogP contribution in [0.1, 0.15) is 220 Å². The van der Waals surface area contributed by atoms with Gasteiger partial charge in [-0.05, 0) is 64.2 Å². The zero-order chi connectivity index (χ0) is 38.0. The van der Waals surface area contributed by atoms with Crippen molar-refractivity contribution in [2.75, 3.05) is 13.2 Å². The number of carbonyl (C=O) groups excluding carboxylic acids is 3. The molecular formula is C46H82O6. The molecule has 0 aromatic rings. The van der Waals surface area contributed by atoms with Crippen LogP contribution in [0.3, 0.4) is 0 Å². The van der Waals surface area contributed by atoms with Crippen LogP contribution in [-0.2, 0) is 28.6 Å². The summed E-state index contributed by atoms with van der Waals surface area (Å²) in [5.41, 5.74) is 0. The van der Waals surface area contributed by atoms with Crippen LogP contribution in [0.25, 0.3) is 0 Å². The lowest BCUT2D eigenvalue weighted by molar-refractivity contribution is -0.167. The molecule has 0 N–H and O–H groups in total. The van der Waals surface area contributed by atoms with E-state index < -0.39 is 6.10 Å². The fraction of sp³-hybridized carbons (Fsp3) is 0.804. The van der Waals surface area contributed by atoms with Crippen molar-refractivity contribution in [3.05, 3.63) is 36.5 Å². The van der Waals surface area contributed by atoms with Crippen LogP contribution in [-0.4, -0.2) is 37.2 Å². The fourth-order valence-corrected chi connectivity index (χ4v) is 6.05. The Hall–Kier alpha value is -2.37. The Balaban J connectivity index is 4.39. The number of allylic oxidation sites excluding steroid dienone is 6. The highest BCUT2D eigenvalue weighted by atomic mass is 16.6. The van der Waals surface area contributed by atoms with Crippen molar-refractivity contribution < 1.29 is 28.6 Å². The monoisotopic (exact) mass is 731 g/mol. The van der Waals surface area contributed by atoms with E-state index in [2.05, 4.69) is 57.2 Å². The van der Waals surface area contributed by atoms with E-state index in [1.807, 2.05) is 0 Å². The first kappa shape index (κ1) is 49.6. The molecule has 1 atom stereocenters. The molecule has 0 aliphatic carbocycles. The SMILES string of the molecule is CC/C=C\C/C=C\CCCCCCCC(=O)OCC(COC(=O)CCCCCC/C=C\CCCC)OC(=O)CCCCCCCCCCCCCC. The van der Waals surface area contributed by atoms with Gasteiger partial charge < -0.3 is 14.2 Å². The third-order valence-electron chi connectivity index (χ3n) is 9.38. The Morgan fingerprint density at radius 2 is 0.769 bits per heavy atom. The van der Waals surface area contributed by atoms with E-state index in [0.29, 0.717) is 19.3 Å². The molecule has 1 unspecified atom stereocenters. The average molecular weight is 731 g/mol. The zero-order valence-corrected chi connectivity index (χ0v) is 34.3. The van der Waals surface area contributed by atoms with Crippen molar-refractivity contribution in [3.63, 3.8) is 0 Å². The minimum absolute atomic E-state index is 0.0812. The van der Waals surface area contributed by atoms with Crippen molar-refractivity contribution in [3.8, 4) is 0 Å². The van der Waals surface area contributed by atoms with Crippen molar-refractivity contribution >= 4 is 17.9 Å². The normalized spacial score (nSPS) is 12.3. The first-order valence-electron chi connectivity index (χ1n) is 22.0. The van der Waals surface area contributed by atoms with Gasteiger partial charge in [-0.1, -0.05) is 173 Å². The van der Waals surface area contributed by atoms with Crippen LogP contribution in [0.2, 0.25) is 0 Å². The van der Waals surface area contributed by atoms with Gasteiger partial charge in [-0.15, -0.1) is 0 Å². The van der Waals surface area contributed by atoms with Gasteiger partial charge in [0.05, 0.1) is 0 Å². The van der Waals surface area contributed by atoms with Gasteiger partial charge >= 0.3 is 17.9 Å². The number of hydrogen-bond acceptors (Lipinski definition) is 6. The Kier molecular flexibility index (Phi) is 39.5. The molecule has 0 aliphatic heterocycles. The molecule has 0 aromatic heterocycles. The van der Waals surface area contributed by atoms with Crippen molar-refractivity contribution in [1.82, 2.24) is 0 Å². The van der Waals surface area contributed by atoms with Crippen LogP contribution in [0, 0.1) is 0 Å². The highest BCUT2D eigenvalue weighted by Gasteiger charge is 2.19. The number of unbranched alkanes of at least 4 members (excludes halogenated alkanes) is 22. The molecule has 0 aromatic carbocycles. The van der Waals surface area contributed by atoms with Gasteiger partial charge in [0.15, 0.2) is 6.10 Å². The molecule has 6 nitrogen and oxygen atoms in total. The topological polar surface area (TPSA) is 78.9 Å². The smallest absolute Gasteiger partial charge is 0.306 e. The van der Waals surface area contributed by atoms with Crippen LogP contribution in [0.15, 0.2) is 36.5 Å². The minimum Gasteiger partial charge on any atom is -0.462 e. The molecule has 0 radical (unpaired) electrons. The van der Waals surface area contributed by atoms with Crippen LogP contribution in [0.4, 0.5) is 0 Å². The molecular weight excluding hydrogens is 648 g/mol. The Bertz CT molecular complexity index is 891. The Morgan fingerprint density at radius 1 is 0.404 bits per heavy atom. The number of esters is 3. The van der Waals surface area contributed by atoms with Crippen molar-refractivity contribution in [2.45, 2.75) is 226 Å². The second kappa shape index (κ2) is 41.4. The maximum atomic E-state index is 12.7. The number of ether oxygens (including phenoxy) is 3. The molecule has 0 amide bonds. The van der Waals surface area contributed by atoms with Gasteiger partial charge in [0.2, 0.25) is 0 Å². The summed E-state index contributed by atoms with van der Waals surface area (Å²) in [5, 5.41) is 0. The second-order valence-electron chi connectivity index (χ2n) is 14.6. The summed E-state index contributed by atoms with van der Waals surface area (Å²) in [6.07, 6.45) is 45.5. The predicted octanol–water partition coefficient (Wildman–Crippen LogP) is 13.8. The van der Waals surface area contributed by atoms with Gasteiger partial charge in [0.25, 0.3) is 0 Å². The third-order valence-corrected chi connectivity index (χ3v) is 9.38. The molecule has 0 spiro atoms. The number of carbonyl (C=O) groups is 3. The van der Waals surface area contributed by atoms with E-state index >= 15 is 0 Å². The van der Waals surface area contributed by atoms with E-state index in [1.165, 1.54) is 77.0 Å². The highest BCUT2D eigenvalue weighted by Crippen LogP contribution is 2.14. The lowest BCUT2D eigenvalue weighted by Gasteiger charge is -2.18. The first-order chi connectivity index (χ1) is 25.5. The van der Waals surface area contributed by atoms with E-state index in [0.717, 1.165) is 103 Å². The fourth-order valence-electron chi connectivity index (χ4n) is 6.05. The molecule has 6 heteroatoms. The maximum Gasteiger partial charge on any atom is 0.306 e. The molecule has 52 heavy (non-hydrogen) atoms. The zero-order valence-electron chi connectivity index (χ0n) is 34.3. The van der Waals surface area contributed by atoms with Gasteiger partial charge in [0.1, 0.15) is 13.2 Å². The Labute approximate surface area is 321 Å². The largest absolute Gasteiger partial charge is 0.462 e. The van der Waals surface area contributed by atoms with Gasteiger partial charge in [-0.2, -0.15) is 0 Å². The predicted molar refractivity (Wildman–Crippen MR) is 219 cm³/mol. The standard InChI is InChI=1S/C46H82O6/c1-4-7-10-13-16-19-22-24-27-30-33-36-39-45(48)51-42-43(41-50-44(47)38-35-32-29-26-21-18-15-12-9-6-3)52-46(49)40-37-34-31-28-25-23-20-17-14-11-8-5-2/h7,10,15-16,18-19,43H,4-6,8-9,11-14,17,20-42H2,1-3H3/b10-7-,18-15-,19-16-. The molecule has 0 bridgehead atoms. The van der Waals surface area contributed by atoms with E-state index in [9.17, 15) is 14.4 Å². The molecule has 0 fully saturated rings. The summed E-state index contributed by atoms with van der Waals surface area (Å²) in [5.74, 6) is -0.909. The summed E-state index contributed by atoms with van der Waals surface area (Å²) in [4.78, 5) is 37.6. The summed E-state index contributed by atoms with van der Waals surface area (Å²) < 4.78 is 16.6. The van der Waals surface area contributed by atoms with Crippen molar-refractivity contribution in [1.29, 1.82) is 0 Å². The average Bonchev–Trinajstić information content (AvgIpc) is 3.14. The molecule has 302 valence electrons. The van der Waals surface area contributed by atoms with Crippen LogP contribution >= 0.6 is 0 Å². The molecule has 0 saturated carbocycles. The highest BCUT2D eigenvalue weighted by molar-refractivity contribution is 5.71. The quantitative estimate of drug-likeness (QED) is 0.0271. The van der Waals surface area contributed by atoms with Crippen LogP contribution < -0.4 is 0 Å². The summed E-state index contributed by atoms with van der Waals surface area (Å²) >= 11 is 0. The van der Waals surface area contributed by atoms with Gasteiger partial charge in [-0.3, -0.25) is 14.4 Å². The maximum absolute atomic E-state index is 12.7. The molecule has 0 saturated heterocycles. The Morgan fingerprint density at radius 3 is 1.23 bits per heavy atom. The lowest BCUT2D eigenvalue weighted by atomic mass is 10.0. The lowest BCUT2D eigenvalue weighted by Crippen LogP contribution is -2.30. The summed E-state index contributed by atoms with van der Waals surface area (Å²) in [6, 6.07) is 0. The van der Waals surface area contributed by atoms with Gasteiger partial charge in [0, 0.05) is 19.3 Å². The van der Waals surface area contributed by atoms with E-state index in [4.69, 9.17) is 14.2 Å². The van der Waals surface area contributed by atoms with Crippen molar-refractivity contribution in [2.24, 2.45) is 0 Å². The summed E-state index contributed by atoms with van der Waals surface area (Å²) in [7, 11) is 0. The van der Waals surface area contributed by atoms with Gasteiger partial charge in [-0.25, -0.2) is 0 Å². The number of rotatable bonds is 39. The first-order valence-corrected chi connectivity index (χ1v) is 22.0. The van der Waals surface area contributed by atoms with Crippen LogP contribution in [0.5, 0.6) is 0 Å². The molecule has 0 aliphatic rings. The third kappa shape index (κ3) is 38.9. The second-order valence-corrected chi connectivity index (χ2v) is 14.6. The number of hydrogen-bond donors (Lipinski definition) is 0. The molecule has 0 rings (SSSR count). The minimum atomic E-state index is -0.775. The van der Waals surface area contributed by atoms with E-state index in [1.54, 1.807) is 0 Å². The van der Waals surface area contributed by atoms with E-state index in [-0.39, 0.29) is 31.1 Å².